The first kappa shape index (κ1) is 24.3. The molecule has 0 unspecified atom stereocenters. The van der Waals surface area contributed by atoms with Gasteiger partial charge in [-0.1, -0.05) is 88.1 Å². The molecular weight excluding hydrogens is 396 g/mol. The SMILES string of the molecule is N#C/C(=C/N1CCN(Cc2ccccc2)CC1)C(=O)NC1CCCCCCCCCCC1. The van der Waals surface area contributed by atoms with Crippen LogP contribution in [0.2, 0.25) is 0 Å². The number of benzene rings is 1. The zero-order chi connectivity index (χ0) is 22.4. The van der Waals surface area contributed by atoms with Gasteiger partial charge < -0.3 is 10.2 Å². The number of piperazine rings is 1. The summed E-state index contributed by atoms with van der Waals surface area (Å²) in [7, 11) is 0. The minimum atomic E-state index is -0.198. The predicted molar refractivity (Wildman–Crippen MR) is 130 cm³/mol. The summed E-state index contributed by atoms with van der Waals surface area (Å²) in [5.41, 5.74) is 1.57. The van der Waals surface area contributed by atoms with Crippen LogP contribution in [-0.4, -0.2) is 47.9 Å². The lowest BCUT2D eigenvalue weighted by molar-refractivity contribution is -0.118. The maximum absolute atomic E-state index is 12.9. The Hall–Kier alpha value is -2.32. The van der Waals surface area contributed by atoms with E-state index < -0.39 is 0 Å². The van der Waals surface area contributed by atoms with Gasteiger partial charge in [0, 0.05) is 45.0 Å². The van der Waals surface area contributed by atoms with Gasteiger partial charge in [0.05, 0.1) is 0 Å². The smallest absolute Gasteiger partial charge is 0.263 e. The summed E-state index contributed by atoms with van der Waals surface area (Å²) in [6, 6.07) is 12.9. The van der Waals surface area contributed by atoms with Crippen molar-refractivity contribution in [3.8, 4) is 6.07 Å². The van der Waals surface area contributed by atoms with Gasteiger partial charge in [0.15, 0.2) is 0 Å². The molecule has 5 nitrogen and oxygen atoms in total. The van der Waals surface area contributed by atoms with Crippen LogP contribution in [0.3, 0.4) is 0 Å². The summed E-state index contributed by atoms with van der Waals surface area (Å²) >= 11 is 0. The zero-order valence-electron chi connectivity index (χ0n) is 19.6. The molecule has 2 aliphatic rings. The first-order valence-electron chi connectivity index (χ1n) is 12.7. The highest BCUT2D eigenvalue weighted by Crippen LogP contribution is 2.17. The highest BCUT2D eigenvalue weighted by molar-refractivity contribution is 5.97. The van der Waals surface area contributed by atoms with Crippen LogP contribution in [0.25, 0.3) is 0 Å². The molecule has 0 aromatic heterocycles. The molecule has 3 rings (SSSR count). The largest absolute Gasteiger partial charge is 0.374 e. The lowest BCUT2D eigenvalue weighted by Crippen LogP contribution is -2.44. The summed E-state index contributed by atoms with van der Waals surface area (Å²) in [4.78, 5) is 17.4. The second kappa shape index (κ2) is 14.0. The Morgan fingerprint density at radius 2 is 1.47 bits per heavy atom. The number of nitriles is 1. The minimum Gasteiger partial charge on any atom is -0.374 e. The van der Waals surface area contributed by atoms with E-state index in [1.807, 2.05) is 6.07 Å². The van der Waals surface area contributed by atoms with E-state index in [1.54, 1.807) is 6.20 Å². The summed E-state index contributed by atoms with van der Waals surface area (Å²) in [5.74, 6) is -0.198. The first-order valence-corrected chi connectivity index (χ1v) is 12.7. The number of nitrogens with one attached hydrogen (secondary N) is 1. The van der Waals surface area contributed by atoms with Crippen LogP contribution in [0.5, 0.6) is 0 Å². The Morgan fingerprint density at radius 1 is 0.906 bits per heavy atom. The first-order chi connectivity index (χ1) is 15.7. The van der Waals surface area contributed by atoms with Gasteiger partial charge in [-0.15, -0.1) is 0 Å². The van der Waals surface area contributed by atoms with Crippen LogP contribution in [0.4, 0.5) is 0 Å². The van der Waals surface area contributed by atoms with E-state index >= 15 is 0 Å². The fourth-order valence-corrected chi connectivity index (χ4v) is 4.78. The summed E-state index contributed by atoms with van der Waals surface area (Å²) in [6.45, 7) is 4.51. The molecule has 174 valence electrons. The molecule has 32 heavy (non-hydrogen) atoms. The van der Waals surface area contributed by atoms with Crippen molar-refractivity contribution in [3.63, 3.8) is 0 Å². The molecule has 0 spiro atoms. The van der Waals surface area contributed by atoms with Crippen molar-refractivity contribution in [2.75, 3.05) is 26.2 Å². The van der Waals surface area contributed by atoms with E-state index in [1.165, 1.54) is 63.4 Å². The molecule has 1 amide bonds. The third kappa shape index (κ3) is 8.67. The van der Waals surface area contributed by atoms with Crippen molar-refractivity contribution in [2.24, 2.45) is 0 Å². The monoisotopic (exact) mass is 436 g/mol. The van der Waals surface area contributed by atoms with E-state index in [2.05, 4.69) is 45.5 Å². The van der Waals surface area contributed by atoms with Crippen molar-refractivity contribution in [3.05, 3.63) is 47.7 Å². The number of carbonyl (C=O) groups is 1. The number of nitrogens with zero attached hydrogens (tertiary/aromatic N) is 3. The maximum atomic E-state index is 12.9. The molecule has 0 radical (unpaired) electrons. The van der Waals surface area contributed by atoms with Gasteiger partial charge in [-0.3, -0.25) is 9.69 Å². The molecule has 1 heterocycles. The highest BCUT2D eigenvalue weighted by atomic mass is 16.1. The van der Waals surface area contributed by atoms with Gasteiger partial charge in [-0.2, -0.15) is 5.26 Å². The van der Waals surface area contributed by atoms with Crippen LogP contribution < -0.4 is 5.32 Å². The van der Waals surface area contributed by atoms with Gasteiger partial charge in [-0.25, -0.2) is 0 Å². The molecule has 1 aliphatic carbocycles. The molecule has 1 saturated carbocycles. The van der Waals surface area contributed by atoms with Crippen LogP contribution in [0, 0.1) is 11.3 Å². The lowest BCUT2D eigenvalue weighted by Gasteiger charge is -2.34. The highest BCUT2D eigenvalue weighted by Gasteiger charge is 2.19. The van der Waals surface area contributed by atoms with Gasteiger partial charge in [0.25, 0.3) is 5.91 Å². The van der Waals surface area contributed by atoms with Crippen LogP contribution in [-0.2, 0) is 11.3 Å². The Labute approximate surface area is 194 Å². The average Bonchev–Trinajstić information content (AvgIpc) is 2.81. The van der Waals surface area contributed by atoms with Crippen LogP contribution >= 0.6 is 0 Å². The summed E-state index contributed by atoms with van der Waals surface area (Å²) < 4.78 is 0. The Kier molecular flexibility index (Phi) is 10.6. The van der Waals surface area contributed by atoms with Crippen molar-refractivity contribution in [1.82, 2.24) is 15.1 Å². The molecule has 0 atom stereocenters. The zero-order valence-corrected chi connectivity index (χ0v) is 19.6. The molecule has 1 aromatic carbocycles. The summed E-state index contributed by atoms with van der Waals surface area (Å²) in [6.07, 6.45) is 15.3. The lowest BCUT2D eigenvalue weighted by atomic mass is 9.97. The molecule has 1 aromatic rings. The van der Waals surface area contributed by atoms with E-state index in [0.29, 0.717) is 0 Å². The van der Waals surface area contributed by atoms with E-state index in [4.69, 9.17) is 0 Å². The molecular formula is C27H40N4O. The van der Waals surface area contributed by atoms with Gasteiger partial charge in [0.1, 0.15) is 11.6 Å². The summed E-state index contributed by atoms with van der Waals surface area (Å²) in [5, 5.41) is 12.8. The molecule has 2 fully saturated rings. The standard InChI is InChI=1S/C27H40N4O/c28-21-25(23-31-19-17-30(18-20-31)22-24-13-9-8-10-14-24)27(32)29-26-15-11-6-4-2-1-3-5-7-12-16-26/h8-10,13-14,23,26H,1-7,11-12,15-20,22H2,(H,29,32)/b25-23-. The number of carbonyl (C=O) groups excluding carboxylic acids is 1. The molecule has 5 heteroatoms. The van der Waals surface area contributed by atoms with E-state index in [9.17, 15) is 10.1 Å². The molecule has 0 bridgehead atoms. The van der Waals surface area contributed by atoms with Crippen molar-refractivity contribution in [1.29, 1.82) is 5.26 Å². The Morgan fingerprint density at radius 3 is 2.03 bits per heavy atom. The number of hydrogen-bond acceptors (Lipinski definition) is 4. The topological polar surface area (TPSA) is 59.4 Å². The molecule has 1 N–H and O–H groups in total. The van der Waals surface area contributed by atoms with E-state index in [0.717, 1.165) is 45.6 Å². The quantitative estimate of drug-likeness (QED) is 0.521. The van der Waals surface area contributed by atoms with Crippen molar-refractivity contribution in [2.45, 2.75) is 83.2 Å². The van der Waals surface area contributed by atoms with Crippen LogP contribution in [0.1, 0.15) is 76.2 Å². The fourth-order valence-electron chi connectivity index (χ4n) is 4.78. The third-order valence-electron chi connectivity index (χ3n) is 6.77. The van der Waals surface area contributed by atoms with Gasteiger partial charge in [-0.05, 0) is 18.4 Å². The molecule has 1 saturated heterocycles. The van der Waals surface area contributed by atoms with Gasteiger partial charge >= 0.3 is 0 Å². The number of hydrogen-bond donors (Lipinski definition) is 1. The normalized spacial score (nSPS) is 20.6. The average molecular weight is 437 g/mol. The van der Waals surface area contributed by atoms with Crippen molar-refractivity contribution >= 4 is 5.91 Å². The minimum absolute atomic E-state index is 0.196. The second-order valence-corrected chi connectivity index (χ2v) is 9.38. The van der Waals surface area contributed by atoms with Gasteiger partial charge in [0.2, 0.25) is 0 Å². The predicted octanol–water partition coefficient (Wildman–Crippen LogP) is 5.00. The molecule has 1 aliphatic heterocycles. The van der Waals surface area contributed by atoms with Crippen LogP contribution in [0.15, 0.2) is 42.1 Å². The third-order valence-corrected chi connectivity index (χ3v) is 6.77. The Bertz CT molecular complexity index is 735. The second-order valence-electron chi connectivity index (χ2n) is 9.38. The van der Waals surface area contributed by atoms with E-state index in [-0.39, 0.29) is 17.5 Å². The number of rotatable bonds is 5. The van der Waals surface area contributed by atoms with Crippen molar-refractivity contribution < 1.29 is 4.79 Å². The maximum Gasteiger partial charge on any atom is 0.263 e. The number of amides is 1. The fraction of sp³-hybridized carbons (Fsp3) is 0.630. The Balaban J connectivity index is 1.48.